The van der Waals surface area contributed by atoms with Crippen molar-refractivity contribution < 1.29 is 33.3 Å². The second-order valence-corrected chi connectivity index (χ2v) is 6.74. The van der Waals surface area contributed by atoms with Crippen molar-refractivity contribution in [2.75, 3.05) is 13.2 Å². The van der Waals surface area contributed by atoms with Gasteiger partial charge in [-0.3, -0.25) is 18.9 Å². The van der Waals surface area contributed by atoms with Crippen LogP contribution in [0.5, 0.6) is 0 Å². The minimum Gasteiger partial charge on any atom is -0.465 e. The van der Waals surface area contributed by atoms with Gasteiger partial charge in [0, 0.05) is 6.92 Å². The third kappa shape index (κ3) is 5.62. The van der Waals surface area contributed by atoms with Crippen molar-refractivity contribution in [3.05, 3.63) is 0 Å². The lowest BCUT2D eigenvalue weighted by Gasteiger charge is -2.36. The Labute approximate surface area is 136 Å². The number of amides is 1. The zero-order valence-electron chi connectivity index (χ0n) is 14.2. The van der Waals surface area contributed by atoms with Gasteiger partial charge in [-0.05, 0) is 26.2 Å². The number of rotatable bonds is 9. The van der Waals surface area contributed by atoms with Gasteiger partial charge in [-0.2, -0.15) is 0 Å². The minimum absolute atomic E-state index is 0.0166. The Morgan fingerprint density at radius 1 is 1.13 bits per heavy atom. The number of nitrogens with one attached hydrogen (secondary N) is 1. The molecule has 0 heterocycles. The molecule has 0 radical (unpaired) electrons. The lowest BCUT2D eigenvalue weighted by molar-refractivity contribution is -0.174. The Morgan fingerprint density at radius 2 is 1.57 bits per heavy atom. The van der Waals surface area contributed by atoms with E-state index in [0.717, 1.165) is 6.92 Å². The number of ether oxygens (including phenoxy) is 2. The molecule has 0 aliphatic rings. The first-order chi connectivity index (χ1) is 10.6. The number of esters is 2. The molecule has 2 N–H and O–H groups in total. The monoisotopic (exact) mass is 351 g/mol. The van der Waals surface area contributed by atoms with Crippen LogP contribution in [0.4, 0.5) is 0 Å². The smallest absolute Gasteiger partial charge is 0.326 e. The first kappa shape index (κ1) is 21.6. The van der Waals surface area contributed by atoms with Gasteiger partial charge in [0.1, 0.15) is 5.78 Å². The van der Waals surface area contributed by atoms with Crippen LogP contribution in [0.15, 0.2) is 0 Å². The zero-order valence-corrected chi connectivity index (χ0v) is 15.2. The van der Waals surface area contributed by atoms with Gasteiger partial charge in [0.15, 0.2) is 5.41 Å². The fourth-order valence-electron chi connectivity index (χ4n) is 2.37. The van der Waals surface area contributed by atoms with Crippen molar-refractivity contribution in [3.8, 4) is 0 Å². The molecule has 0 aliphatic heterocycles. The maximum atomic E-state index is 12.5. The highest BCUT2D eigenvalue weighted by Crippen LogP contribution is 2.43. The van der Waals surface area contributed by atoms with Crippen LogP contribution in [-0.2, 0) is 28.4 Å². The van der Waals surface area contributed by atoms with E-state index in [2.05, 4.69) is 5.32 Å². The molecule has 0 aromatic carbocycles. The Bertz CT molecular complexity index is 446. The largest absolute Gasteiger partial charge is 0.465 e. The van der Waals surface area contributed by atoms with Gasteiger partial charge in [0.2, 0.25) is 13.9 Å². The fraction of sp³-hybridized carbons (Fsp3) is 0.786. The van der Waals surface area contributed by atoms with E-state index < -0.39 is 37.1 Å². The molecule has 0 aromatic heterocycles. The summed E-state index contributed by atoms with van der Waals surface area (Å²) in [4.78, 5) is 46.1. The number of carbonyl (C=O) groups is 3. The summed E-state index contributed by atoms with van der Waals surface area (Å²) in [6.07, 6.45) is -0.0907. The first-order valence-corrected chi connectivity index (χ1v) is 8.91. The van der Waals surface area contributed by atoms with Crippen LogP contribution in [0.1, 0.15) is 41.0 Å². The van der Waals surface area contributed by atoms with E-state index in [9.17, 15) is 23.8 Å². The summed E-state index contributed by atoms with van der Waals surface area (Å²) >= 11 is 0. The van der Waals surface area contributed by atoms with Gasteiger partial charge in [-0.25, -0.2) is 0 Å². The second kappa shape index (κ2) is 9.67. The normalized spacial score (nSPS) is 14.0. The molecule has 9 heteroatoms. The lowest BCUT2D eigenvalue weighted by atomic mass is 9.79. The number of hydrogen-bond acceptors (Lipinski definition) is 6. The topological polar surface area (TPSA) is 119 Å². The zero-order chi connectivity index (χ0) is 18.2. The van der Waals surface area contributed by atoms with E-state index in [1.54, 1.807) is 27.7 Å². The molecule has 1 unspecified atom stereocenters. The van der Waals surface area contributed by atoms with E-state index in [-0.39, 0.29) is 25.6 Å². The highest BCUT2D eigenvalue weighted by Gasteiger charge is 2.57. The first-order valence-electron chi connectivity index (χ1n) is 7.47. The Hall–Kier alpha value is -1.40. The van der Waals surface area contributed by atoms with E-state index in [4.69, 9.17) is 9.47 Å². The van der Waals surface area contributed by atoms with Gasteiger partial charge >= 0.3 is 11.9 Å². The molecule has 0 saturated heterocycles. The van der Waals surface area contributed by atoms with Crippen LogP contribution in [-0.4, -0.2) is 41.7 Å². The van der Waals surface area contributed by atoms with E-state index in [0.29, 0.717) is 0 Å². The SMILES string of the molecule is CCOC(=O)C(CC(C)C)(C(=O)OCC)[C@H](NC(C)=O)[PH](=O)O. The minimum atomic E-state index is -3.48. The summed E-state index contributed by atoms with van der Waals surface area (Å²) in [6.45, 7) is 7.69. The van der Waals surface area contributed by atoms with Crippen molar-refractivity contribution in [2.45, 2.75) is 46.8 Å². The van der Waals surface area contributed by atoms with Crippen molar-refractivity contribution in [1.82, 2.24) is 5.32 Å². The Kier molecular flexibility index (Phi) is 9.09. The van der Waals surface area contributed by atoms with Crippen LogP contribution < -0.4 is 5.32 Å². The van der Waals surface area contributed by atoms with E-state index >= 15 is 0 Å². The van der Waals surface area contributed by atoms with Crippen LogP contribution in [0, 0.1) is 11.3 Å². The third-order valence-electron chi connectivity index (χ3n) is 3.10. The summed E-state index contributed by atoms with van der Waals surface area (Å²) in [5, 5.41) is 2.25. The molecule has 0 aromatic rings. The predicted molar refractivity (Wildman–Crippen MR) is 84.0 cm³/mol. The molecule has 0 bridgehead atoms. The number of carbonyl (C=O) groups excluding carboxylic acids is 3. The molecule has 0 rings (SSSR count). The van der Waals surface area contributed by atoms with Crippen molar-refractivity contribution in [1.29, 1.82) is 0 Å². The maximum absolute atomic E-state index is 12.5. The van der Waals surface area contributed by atoms with Crippen LogP contribution in [0.2, 0.25) is 0 Å². The molecule has 0 saturated carbocycles. The molecule has 134 valence electrons. The molecule has 1 amide bonds. The predicted octanol–water partition coefficient (Wildman–Crippen LogP) is 1.07. The summed E-state index contributed by atoms with van der Waals surface area (Å²) in [5.41, 5.74) is -2.06. The Morgan fingerprint density at radius 3 is 1.83 bits per heavy atom. The van der Waals surface area contributed by atoms with Gasteiger partial charge in [-0.15, -0.1) is 0 Å². The summed E-state index contributed by atoms with van der Waals surface area (Å²) in [6, 6.07) is 0. The van der Waals surface area contributed by atoms with Crippen LogP contribution in [0.25, 0.3) is 0 Å². The molecular formula is C14H26NO7P. The summed E-state index contributed by atoms with van der Waals surface area (Å²) in [7, 11) is -3.48. The third-order valence-corrected chi connectivity index (χ3v) is 4.23. The maximum Gasteiger partial charge on any atom is 0.326 e. The molecule has 0 fully saturated rings. The number of hydrogen-bond donors (Lipinski definition) is 2. The van der Waals surface area contributed by atoms with E-state index in [1.807, 2.05) is 0 Å². The molecule has 23 heavy (non-hydrogen) atoms. The molecule has 0 aliphatic carbocycles. The highest BCUT2D eigenvalue weighted by molar-refractivity contribution is 7.39. The van der Waals surface area contributed by atoms with Crippen molar-refractivity contribution in [3.63, 3.8) is 0 Å². The lowest BCUT2D eigenvalue weighted by Crippen LogP contribution is -2.56. The van der Waals surface area contributed by atoms with Crippen LogP contribution in [0.3, 0.4) is 0 Å². The standard InChI is InChI=1S/C14H26NO7P/c1-6-21-12(17)14(8-9(3)4,13(18)22-7-2)11(23(19)20)15-10(5)16/h9,11,23H,6-8H2,1-5H3,(H,15,16)(H,19,20)/t11-/m1/s1. The molecular weight excluding hydrogens is 325 g/mol. The molecule has 0 spiro atoms. The quantitative estimate of drug-likeness (QED) is 0.362. The summed E-state index contributed by atoms with van der Waals surface area (Å²) < 4.78 is 21.8. The molecule has 8 nitrogen and oxygen atoms in total. The van der Waals surface area contributed by atoms with Gasteiger partial charge in [-0.1, -0.05) is 13.8 Å². The molecule has 2 atom stereocenters. The van der Waals surface area contributed by atoms with Gasteiger partial charge < -0.3 is 19.7 Å². The average molecular weight is 351 g/mol. The Balaban J connectivity index is 6.22. The second-order valence-electron chi connectivity index (χ2n) is 5.48. The fourth-order valence-corrected chi connectivity index (χ4v) is 3.47. The van der Waals surface area contributed by atoms with Gasteiger partial charge in [0.25, 0.3) is 0 Å². The average Bonchev–Trinajstić information content (AvgIpc) is 2.42. The van der Waals surface area contributed by atoms with Crippen molar-refractivity contribution in [2.24, 2.45) is 11.3 Å². The van der Waals surface area contributed by atoms with E-state index in [1.165, 1.54) is 0 Å². The summed E-state index contributed by atoms with van der Waals surface area (Å²) in [5.74, 6) is -4.37. The highest BCUT2D eigenvalue weighted by atomic mass is 31.1. The van der Waals surface area contributed by atoms with Crippen molar-refractivity contribution >= 4 is 25.9 Å². The van der Waals surface area contributed by atoms with Crippen LogP contribution >= 0.6 is 8.03 Å². The van der Waals surface area contributed by atoms with Gasteiger partial charge in [0.05, 0.1) is 13.2 Å².